The molecule has 0 aromatic heterocycles. The SMILES string of the molecule is CN=C(NCC1CN(C)CCN1C)NC1CCCN(c2cccc(F)c2)C1.I. The highest BCUT2D eigenvalue weighted by atomic mass is 127. The summed E-state index contributed by atoms with van der Waals surface area (Å²) < 4.78 is 13.5. The molecular formula is C20H34FIN6. The molecule has 0 amide bonds. The molecule has 0 bridgehead atoms. The van der Waals surface area contributed by atoms with Crippen molar-refractivity contribution in [2.45, 2.75) is 24.9 Å². The third kappa shape index (κ3) is 6.45. The number of guanidine groups is 1. The Morgan fingerprint density at radius 3 is 2.79 bits per heavy atom. The number of piperazine rings is 1. The zero-order chi connectivity index (χ0) is 19.2. The molecule has 2 atom stereocenters. The summed E-state index contributed by atoms with van der Waals surface area (Å²) in [4.78, 5) is 11.4. The number of nitrogens with one attached hydrogen (secondary N) is 2. The summed E-state index contributed by atoms with van der Waals surface area (Å²) in [6.07, 6.45) is 2.18. The minimum absolute atomic E-state index is 0. The molecular weight excluding hydrogens is 470 g/mol. The van der Waals surface area contributed by atoms with Gasteiger partial charge in [0.25, 0.3) is 0 Å². The van der Waals surface area contributed by atoms with Crippen LogP contribution in [0.15, 0.2) is 29.3 Å². The predicted molar refractivity (Wildman–Crippen MR) is 125 cm³/mol. The molecule has 28 heavy (non-hydrogen) atoms. The fraction of sp³-hybridized carbons (Fsp3) is 0.650. The maximum Gasteiger partial charge on any atom is 0.191 e. The average Bonchev–Trinajstić information content (AvgIpc) is 2.67. The molecule has 0 spiro atoms. The Balaban J connectivity index is 0.00000280. The Labute approximate surface area is 185 Å². The van der Waals surface area contributed by atoms with Gasteiger partial charge in [0.05, 0.1) is 0 Å². The van der Waals surface area contributed by atoms with Crippen LogP contribution in [0.2, 0.25) is 0 Å². The fourth-order valence-electron chi connectivity index (χ4n) is 3.93. The third-order valence-electron chi connectivity index (χ3n) is 5.64. The molecule has 8 heteroatoms. The number of halogens is 2. The van der Waals surface area contributed by atoms with Crippen molar-refractivity contribution in [1.82, 2.24) is 20.4 Å². The van der Waals surface area contributed by atoms with Crippen molar-refractivity contribution >= 4 is 35.6 Å². The summed E-state index contributed by atoms with van der Waals surface area (Å²) in [5, 5.41) is 7.05. The van der Waals surface area contributed by atoms with Gasteiger partial charge < -0.3 is 20.4 Å². The molecule has 2 saturated heterocycles. The lowest BCUT2D eigenvalue weighted by Gasteiger charge is -2.38. The van der Waals surface area contributed by atoms with Gasteiger partial charge >= 0.3 is 0 Å². The summed E-state index contributed by atoms with van der Waals surface area (Å²) in [5.41, 5.74) is 0.955. The summed E-state index contributed by atoms with van der Waals surface area (Å²) in [7, 11) is 6.18. The Kier molecular flexibility index (Phi) is 9.23. The monoisotopic (exact) mass is 504 g/mol. The Bertz CT molecular complexity index is 643. The normalized spacial score (nSPS) is 24.6. The molecule has 2 unspecified atom stereocenters. The summed E-state index contributed by atoms with van der Waals surface area (Å²) >= 11 is 0. The first kappa shape index (κ1) is 23.2. The Hall–Kier alpha value is -1.13. The van der Waals surface area contributed by atoms with E-state index in [2.05, 4.69) is 44.4 Å². The maximum absolute atomic E-state index is 13.5. The van der Waals surface area contributed by atoms with Crippen molar-refractivity contribution in [1.29, 1.82) is 0 Å². The predicted octanol–water partition coefficient (Wildman–Crippen LogP) is 1.82. The van der Waals surface area contributed by atoms with Gasteiger partial charge in [0.2, 0.25) is 0 Å². The van der Waals surface area contributed by atoms with Gasteiger partial charge in [-0.2, -0.15) is 0 Å². The third-order valence-corrected chi connectivity index (χ3v) is 5.64. The van der Waals surface area contributed by atoms with Crippen LogP contribution in [0.4, 0.5) is 10.1 Å². The topological polar surface area (TPSA) is 46.1 Å². The lowest BCUT2D eigenvalue weighted by Crippen LogP contribution is -2.57. The first-order valence-corrected chi connectivity index (χ1v) is 9.91. The standard InChI is InChI=1S/C20H33FN6.HI/c1-22-20(23-13-19-15-25(2)10-11-26(19)3)24-17-7-5-9-27(14-17)18-8-4-6-16(21)12-18;/h4,6,8,12,17,19H,5,7,9-11,13-15H2,1-3H3,(H2,22,23,24);1H. The van der Waals surface area contributed by atoms with Crippen molar-refractivity contribution in [2.75, 3.05) is 65.3 Å². The fourth-order valence-corrected chi connectivity index (χ4v) is 3.93. The summed E-state index contributed by atoms with van der Waals surface area (Å²) in [6.45, 7) is 5.99. The molecule has 2 heterocycles. The largest absolute Gasteiger partial charge is 0.369 e. The van der Waals surface area contributed by atoms with Crippen LogP contribution >= 0.6 is 24.0 Å². The van der Waals surface area contributed by atoms with E-state index in [0.29, 0.717) is 12.1 Å². The number of nitrogens with zero attached hydrogens (tertiary/aromatic N) is 4. The zero-order valence-electron chi connectivity index (χ0n) is 17.2. The Morgan fingerprint density at radius 1 is 1.21 bits per heavy atom. The van der Waals surface area contributed by atoms with Crippen LogP contribution in [0.25, 0.3) is 0 Å². The van der Waals surface area contributed by atoms with Crippen molar-refractivity contribution in [2.24, 2.45) is 4.99 Å². The second-order valence-corrected chi connectivity index (χ2v) is 7.76. The number of likely N-dealkylation sites (N-methyl/N-ethyl adjacent to an activating group) is 2. The van der Waals surface area contributed by atoms with Crippen molar-refractivity contribution in [3.05, 3.63) is 30.1 Å². The summed E-state index contributed by atoms with van der Waals surface area (Å²) in [5.74, 6) is 0.671. The van der Waals surface area contributed by atoms with E-state index in [1.165, 1.54) is 6.07 Å². The number of hydrogen-bond donors (Lipinski definition) is 2. The zero-order valence-corrected chi connectivity index (χ0v) is 19.5. The van der Waals surface area contributed by atoms with Crippen LogP contribution < -0.4 is 15.5 Å². The van der Waals surface area contributed by atoms with Gasteiger partial charge in [0, 0.05) is 64.1 Å². The van der Waals surface area contributed by atoms with Crippen LogP contribution in [-0.4, -0.2) is 88.3 Å². The van der Waals surface area contributed by atoms with E-state index in [1.807, 2.05) is 13.1 Å². The van der Waals surface area contributed by atoms with E-state index in [9.17, 15) is 4.39 Å². The molecule has 0 radical (unpaired) electrons. The van der Waals surface area contributed by atoms with Gasteiger partial charge in [-0.25, -0.2) is 4.39 Å². The minimum atomic E-state index is -0.179. The molecule has 2 aliphatic rings. The minimum Gasteiger partial charge on any atom is -0.369 e. The van der Waals surface area contributed by atoms with Crippen molar-refractivity contribution in [3.63, 3.8) is 0 Å². The second kappa shape index (κ2) is 11.2. The van der Waals surface area contributed by atoms with Crippen LogP contribution in [-0.2, 0) is 0 Å². The summed E-state index contributed by atoms with van der Waals surface area (Å²) in [6, 6.07) is 7.66. The number of rotatable bonds is 4. The highest BCUT2D eigenvalue weighted by Gasteiger charge is 2.24. The van der Waals surface area contributed by atoms with Gasteiger partial charge in [0.1, 0.15) is 5.82 Å². The Morgan fingerprint density at radius 2 is 2.04 bits per heavy atom. The van der Waals surface area contributed by atoms with Gasteiger partial charge in [-0.05, 0) is 45.1 Å². The molecule has 2 aliphatic heterocycles. The second-order valence-electron chi connectivity index (χ2n) is 7.76. The highest BCUT2D eigenvalue weighted by molar-refractivity contribution is 14.0. The molecule has 3 rings (SSSR count). The molecule has 2 N–H and O–H groups in total. The van der Waals surface area contributed by atoms with Gasteiger partial charge in [-0.3, -0.25) is 9.89 Å². The van der Waals surface area contributed by atoms with Crippen LogP contribution in [0.1, 0.15) is 12.8 Å². The van der Waals surface area contributed by atoms with Gasteiger partial charge in [-0.1, -0.05) is 6.07 Å². The first-order valence-electron chi connectivity index (χ1n) is 9.91. The highest BCUT2D eigenvalue weighted by Crippen LogP contribution is 2.20. The quantitative estimate of drug-likeness (QED) is 0.372. The molecule has 6 nitrogen and oxygen atoms in total. The maximum atomic E-state index is 13.5. The average molecular weight is 504 g/mol. The van der Waals surface area contributed by atoms with E-state index >= 15 is 0 Å². The van der Waals surface area contributed by atoms with E-state index in [-0.39, 0.29) is 29.8 Å². The van der Waals surface area contributed by atoms with E-state index in [4.69, 9.17) is 0 Å². The van der Waals surface area contributed by atoms with E-state index < -0.39 is 0 Å². The van der Waals surface area contributed by atoms with E-state index in [1.54, 1.807) is 12.1 Å². The van der Waals surface area contributed by atoms with Crippen molar-refractivity contribution < 1.29 is 4.39 Å². The van der Waals surface area contributed by atoms with E-state index in [0.717, 1.165) is 63.8 Å². The number of anilines is 1. The number of benzene rings is 1. The number of hydrogen-bond acceptors (Lipinski definition) is 4. The van der Waals surface area contributed by atoms with Crippen LogP contribution in [0.5, 0.6) is 0 Å². The van der Waals surface area contributed by atoms with Crippen LogP contribution in [0, 0.1) is 5.82 Å². The molecule has 158 valence electrons. The number of aliphatic imine (C=N–C) groups is 1. The van der Waals surface area contributed by atoms with Gasteiger partial charge in [-0.15, -0.1) is 24.0 Å². The van der Waals surface area contributed by atoms with Crippen LogP contribution in [0.3, 0.4) is 0 Å². The number of piperidine rings is 1. The van der Waals surface area contributed by atoms with Crippen molar-refractivity contribution in [3.8, 4) is 0 Å². The van der Waals surface area contributed by atoms with Gasteiger partial charge in [0.15, 0.2) is 5.96 Å². The molecule has 0 aliphatic carbocycles. The first-order chi connectivity index (χ1) is 13.0. The lowest BCUT2D eigenvalue weighted by atomic mass is 10.0. The molecule has 0 saturated carbocycles. The smallest absolute Gasteiger partial charge is 0.191 e. The molecule has 1 aromatic carbocycles. The molecule has 2 fully saturated rings. The molecule has 1 aromatic rings. The lowest BCUT2D eigenvalue weighted by molar-refractivity contribution is 0.116.